The lowest BCUT2D eigenvalue weighted by Gasteiger charge is -2.10. The Labute approximate surface area is 125 Å². The molecule has 0 aliphatic rings. The Morgan fingerprint density at radius 2 is 2.05 bits per heavy atom. The second-order valence-electron chi connectivity index (χ2n) is 5.03. The smallest absolute Gasteiger partial charge is 0.261 e. The molecular weight excluding hydrogens is 291 g/mol. The van der Waals surface area contributed by atoms with Crippen LogP contribution in [0.1, 0.15) is 13.8 Å². The van der Waals surface area contributed by atoms with Gasteiger partial charge in [-0.25, -0.2) is 9.37 Å². The van der Waals surface area contributed by atoms with E-state index in [2.05, 4.69) is 15.8 Å². The summed E-state index contributed by atoms with van der Waals surface area (Å²) in [4.78, 5) is 39.2. The highest BCUT2D eigenvalue weighted by atomic mass is 19.1. The van der Waals surface area contributed by atoms with Gasteiger partial charge < -0.3 is 0 Å². The molecular formula is C14H15FN4O3. The summed E-state index contributed by atoms with van der Waals surface area (Å²) >= 11 is 0. The summed E-state index contributed by atoms with van der Waals surface area (Å²) < 4.78 is 14.2. The molecule has 0 aliphatic heterocycles. The zero-order valence-corrected chi connectivity index (χ0v) is 12.1. The molecule has 7 nitrogen and oxygen atoms in total. The van der Waals surface area contributed by atoms with Crippen LogP contribution in [0.15, 0.2) is 29.3 Å². The lowest BCUT2D eigenvalue weighted by Crippen LogP contribution is -2.45. The maximum Gasteiger partial charge on any atom is 0.261 e. The fourth-order valence-electron chi connectivity index (χ4n) is 1.71. The van der Waals surface area contributed by atoms with E-state index in [4.69, 9.17) is 0 Å². The summed E-state index contributed by atoms with van der Waals surface area (Å²) in [7, 11) is 0. The number of carbonyl (C=O) groups is 2. The van der Waals surface area contributed by atoms with Gasteiger partial charge >= 0.3 is 0 Å². The Morgan fingerprint density at radius 1 is 1.32 bits per heavy atom. The minimum atomic E-state index is -0.589. The summed E-state index contributed by atoms with van der Waals surface area (Å²) in [6.45, 7) is 3.01. The number of nitrogens with one attached hydrogen (secondary N) is 2. The fraction of sp³-hybridized carbons (Fsp3) is 0.286. The molecule has 0 saturated carbocycles. The van der Waals surface area contributed by atoms with Gasteiger partial charge in [-0.1, -0.05) is 13.8 Å². The van der Waals surface area contributed by atoms with Gasteiger partial charge in [0.1, 0.15) is 12.4 Å². The third-order valence-corrected chi connectivity index (χ3v) is 2.95. The number of hydrazine groups is 1. The summed E-state index contributed by atoms with van der Waals surface area (Å²) in [5.41, 5.74) is 4.24. The van der Waals surface area contributed by atoms with E-state index < -0.39 is 17.3 Å². The van der Waals surface area contributed by atoms with Gasteiger partial charge in [0.2, 0.25) is 5.91 Å². The molecule has 1 aromatic carbocycles. The maximum atomic E-state index is 13.2. The number of amides is 2. The SMILES string of the molecule is CC(C)C(=O)NNC(=O)Cn1cnc2ccc(F)cc2c1=O. The Hall–Kier alpha value is -2.77. The summed E-state index contributed by atoms with van der Waals surface area (Å²) in [5, 5.41) is 0.0847. The summed E-state index contributed by atoms with van der Waals surface area (Å²) in [5.74, 6) is -1.78. The van der Waals surface area contributed by atoms with E-state index in [1.165, 1.54) is 18.5 Å². The van der Waals surface area contributed by atoms with Crippen molar-refractivity contribution in [3.8, 4) is 0 Å². The van der Waals surface area contributed by atoms with Gasteiger partial charge in [0.15, 0.2) is 0 Å². The Bertz CT molecular complexity index is 785. The highest BCUT2D eigenvalue weighted by molar-refractivity contribution is 5.83. The van der Waals surface area contributed by atoms with Crippen LogP contribution < -0.4 is 16.4 Å². The number of hydrogen-bond donors (Lipinski definition) is 2. The Balaban J connectivity index is 2.15. The van der Waals surface area contributed by atoms with E-state index in [-0.39, 0.29) is 23.8 Å². The van der Waals surface area contributed by atoms with Gasteiger partial charge in [-0.15, -0.1) is 0 Å². The van der Waals surface area contributed by atoms with Crippen molar-refractivity contribution in [2.75, 3.05) is 0 Å². The van der Waals surface area contributed by atoms with Crippen LogP contribution in [-0.4, -0.2) is 21.4 Å². The Morgan fingerprint density at radius 3 is 2.73 bits per heavy atom. The molecule has 0 radical (unpaired) electrons. The third-order valence-electron chi connectivity index (χ3n) is 2.95. The van der Waals surface area contributed by atoms with Crippen molar-refractivity contribution in [1.82, 2.24) is 20.4 Å². The summed E-state index contributed by atoms with van der Waals surface area (Å²) in [6, 6.07) is 3.66. The van der Waals surface area contributed by atoms with Crippen LogP contribution in [0.4, 0.5) is 4.39 Å². The molecule has 1 aromatic heterocycles. The normalized spacial score (nSPS) is 10.7. The highest BCUT2D eigenvalue weighted by Crippen LogP contribution is 2.08. The van der Waals surface area contributed by atoms with Gasteiger partial charge in [0.05, 0.1) is 17.2 Å². The average Bonchev–Trinajstić information content (AvgIpc) is 2.48. The van der Waals surface area contributed by atoms with Crippen molar-refractivity contribution in [2.45, 2.75) is 20.4 Å². The van der Waals surface area contributed by atoms with Gasteiger partial charge in [-0.2, -0.15) is 0 Å². The first kappa shape index (κ1) is 15.6. The van der Waals surface area contributed by atoms with Crippen LogP contribution in [0.3, 0.4) is 0 Å². The number of rotatable bonds is 3. The molecule has 116 valence electrons. The molecule has 0 saturated heterocycles. The van der Waals surface area contributed by atoms with E-state index in [1.54, 1.807) is 13.8 Å². The monoisotopic (exact) mass is 306 g/mol. The predicted molar refractivity (Wildman–Crippen MR) is 77.1 cm³/mol. The van der Waals surface area contributed by atoms with Crippen molar-refractivity contribution in [3.05, 3.63) is 40.7 Å². The topological polar surface area (TPSA) is 93.1 Å². The molecule has 2 amide bonds. The van der Waals surface area contributed by atoms with Crippen LogP contribution in [0, 0.1) is 11.7 Å². The molecule has 0 bridgehead atoms. The van der Waals surface area contributed by atoms with Crippen LogP contribution >= 0.6 is 0 Å². The zero-order chi connectivity index (χ0) is 16.3. The number of nitrogens with zero attached hydrogens (tertiary/aromatic N) is 2. The maximum absolute atomic E-state index is 13.2. The van der Waals surface area contributed by atoms with E-state index >= 15 is 0 Å². The van der Waals surface area contributed by atoms with E-state index in [9.17, 15) is 18.8 Å². The van der Waals surface area contributed by atoms with E-state index in [0.717, 1.165) is 10.6 Å². The third kappa shape index (κ3) is 3.46. The van der Waals surface area contributed by atoms with Gasteiger partial charge in [0, 0.05) is 5.92 Å². The number of fused-ring (bicyclic) bond motifs is 1. The number of aromatic nitrogens is 2. The van der Waals surface area contributed by atoms with Crippen LogP contribution in [0.5, 0.6) is 0 Å². The fourth-order valence-corrected chi connectivity index (χ4v) is 1.71. The van der Waals surface area contributed by atoms with E-state index in [1.807, 2.05) is 0 Å². The average molecular weight is 306 g/mol. The second-order valence-corrected chi connectivity index (χ2v) is 5.03. The van der Waals surface area contributed by atoms with Crippen molar-refractivity contribution in [3.63, 3.8) is 0 Å². The van der Waals surface area contributed by atoms with Crippen LogP contribution in [0.2, 0.25) is 0 Å². The number of carbonyl (C=O) groups excluding carboxylic acids is 2. The molecule has 2 rings (SSSR count). The number of halogens is 1. The molecule has 8 heteroatoms. The largest absolute Gasteiger partial charge is 0.289 e. The first-order chi connectivity index (χ1) is 10.4. The molecule has 1 heterocycles. The molecule has 2 N–H and O–H groups in total. The lowest BCUT2D eigenvalue weighted by atomic mass is 10.2. The van der Waals surface area contributed by atoms with Crippen LogP contribution in [-0.2, 0) is 16.1 Å². The van der Waals surface area contributed by atoms with Crippen molar-refractivity contribution in [2.24, 2.45) is 5.92 Å². The lowest BCUT2D eigenvalue weighted by molar-refractivity contribution is -0.130. The Kier molecular flexibility index (Phi) is 4.50. The molecule has 0 atom stereocenters. The highest BCUT2D eigenvalue weighted by Gasteiger charge is 2.11. The van der Waals surface area contributed by atoms with E-state index in [0.29, 0.717) is 5.52 Å². The molecule has 0 unspecified atom stereocenters. The predicted octanol–water partition coefficient (Wildman–Crippen LogP) is 0.339. The van der Waals surface area contributed by atoms with Gasteiger partial charge in [0.25, 0.3) is 11.5 Å². The van der Waals surface area contributed by atoms with Crippen molar-refractivity contribution < 1.29 is 14.0 Å². The second kappa shape index (κ2) is 6.33. The first-order valence-electron chi connectivity index (χ1n) is 6.62. The summed E-state index contributed by atoms with van der Waals surface area (Å²) in [6.07, 6.45) is 1.20. The minimum absolute atomic E-state index is 0.0847. The number of benzene rings is 1. The first-order valence-corrected chi connectivity index (χ1v) is 6.62. The van der Waals surface area contributed by atoms with Gasteiger partial charge in [-0.05, 0) is 18.2 Å². The molecule has 2 aromatic rings. The molecule has 22 heavy (non-hydrogen) atoms. The molecule has 0 aliphatic carbocycles. The standard InChI is InChI=1S/C14H15FN4O3/c1-8(2)13(21)18-17-12(20)6-19-7-16-11-4-3-9(15)5-10(11)14(19)22/h3-5,7-8H,6H2,1-2H3,(H,17,20)(H,18,21). The minimum Gasteiger partial charge on any atom is -0.289 e. The quantitative estimate of drug-likeness (QED) is 0.800. The zero-order valence-electron chi connectivity index (χ0n) is 12.1. The van der Waals surface area contributed by atoms with Gasteiger partial charge in [-0.3, -0.25) is 29.8 Å². The van der Waals surface area contributed by atoms with Crippen LogP contribution in [0.25, 0.3) is 10.9 Å². The van der Waals surface area contributed by atoms with Crippen molar-refractivity contribution in [1.29, 1.82) is 0 Å². The molecule has 0 fully saturated rings. The number of hydrogen-bond acceptors (Lipinski definition) is 4. The molecule has 0 spiro atoms. The van der Waals surface area contributed by atoms with Crippen molar-refractivity contribution >= 4 is 22.7 Å².